The summed E-state index contributed by atoms with van der Waals surface area (Å²) in [6.07, 6.45) is 1.11. The Morgan fingerprint density at radius 2 is 2.19 bits per heavy atom. The molecule has 1 unspecified atom stereocenters. The van der Waals surface area contributed by atoms with Crippen molar-refractivity contribution < 1.29 is 14.6 Å². The quantitative estimate of drug-likeness (QED) is 0.758. The van der Waals surface area contributed by atoms with Crippen molar-refractivity contribution in [3.63, 3.8) is 0 Å². The minimum atomic E-state index is -0.929. The number of hydrogen-bond donors (Lipinski definition) is 2. The van der Waals surface area contributed by atoms with Crippen molar-refractivity contribution in [3.05, 3.63) is 29.3 Å². The van der Waals surface area contributed by atoms with Gasteiger partial charge in [0.1, 0.15) is 5.75 Å². The molecule has 2 N–H and O–H groups in total. The van der Waals surface area contributed by atoms with Gasteiger partial charge in [-0.25, -0.2) is 0 Å². The molecule has 2 aliphatic heterocycles. The highest BCUT2D eigenvalue weighted by atomic mass is 16.5. The summed E-state index contributed by atoms with van der Waals surface area (Å²) in [5, 5.41) is 14.9. The normalized spacial score (nSPS) is 41.0. The van der Waals surface area contributed by atoms with Crippen LogP contribution in [0.4, 0.5) is 0 Å². The molecular formula is C17H21NO3. The molecule has 1 saturated carbocycles. The SMILES string of the molecule is Cc1cccc2c1[C@]13CCNC(C)[C@]1(O)CCC(=O)[C@@H]3O2. The highest BCUT2D eigenvalue weighted by molar-refractivity contribution is 5.89. The zero-order valence-corrected chi connectivity index (χ0v) is 12.5. The zero-order valence-electron chi connectivity index (χ0n) is 12.5. The van der Waals surface area contributed by atoms with E-state index in [0.717, 1.165) is 29.8 Å². The Morgan fingerprint density at radius 1 is 1.38 bits per heavy atom. The van der Waals surface area contributed by atoms with Crippen molar-refractivity contribution in [3.8, 4) is 5.75 Å². The van der Waals surface area contributed by atoms with Crippen LogP contribution in [-0.4, -0.2) is 35.2 Å². The third-order valence-corrected chi connectivity index (χ3v) is 5.88. The summed E-state index contributed by atoms with van der Waals surface area (Å²) in [6, 6.07) is 5.88. The summed E-state index contributed by atoms with van der Waals surface area (Å²) in [6.45, 7) is 4.86. The van der Waals surface area contributed by atoms with Crippen LogP contribution in [0.5, 0.6) is 5.75 Å². The van der Waals surface area contributed by atoms with E-state index < -0.39 is 17.1 Å². The van der Waals surface area contributed by atoms with Gasteiger partial charge in [0.15, 0.2) is 11.9 Å². The molecule has 112 valence electrons. The monoisotopic (exact) mass is 287 g/mol. The number of aryl methyl sites for hydroxylation is 1. The first-order chi connectivity index (χ1) is 10.0. The van der Waals surface area contributed by atoms with Crippen LogP contribution in [0, 0.1) is 6.92 Å². The van der Waals surface area contributed by atoms with Crippen LogP contribution >= 0.6 is 0 Å². The fourth-order valence-corrected chi connectivity index (χ4v) is 4.85. The molecule has 1 spiro atoms. The van der Waals surface area contributed by atoms with Crippen LogP contribution in [0.15, 0.2) is 18.2 Å². The van der Waals surface area contributed by atoms with E-state index >= 15 is 0 Å². The van der Waals surface area contributed by atoms with Crippen molar-refractivity contribution >= 4 is 5.78 Å². The molecule has 3 aliphatic rings. The number of hydrogen-bond acceptors (Lipinski definition) is 4. The molecule has 4 heteroatoms. The van der Waals surface area contributed by atoms with E-state index in [-0.39, 0.29) is 11.8 Å². The first-order valence-electron chi connectivity index (χ1n) is 7.76. The molecule has 4 nitrogen and oxygen atoms in total. The Balaban J connectivity index is 2.01. The highest BCUT2D eigenvalue weighted by Gasteiger charge is 2.68. The molecule has 0 amide bonds. The van der Waals surface area contributed by atoms with E-state index in [4.69, 9.17) is 4.74 Å². The van der Waals surface area contributed by atoms with Gasteiger partial charge in [0, 0.05) is 18.0 Å². The third-order valence-electron chi connectivity index (χ3n) is 5.88. The Bertz CT molecular complexity index is 628. The summed E-state index contributed by atoms with van der Waals surface area (Å²) < 4.78 is 6.04. The van der Waals surface area contributed by atoms with Gasteiger partial charge in [-0.1, -0.05) is 12.1 Å². The molecule has 4 rings (SSSR count). The first kappa shape index (κ1) is 13.3. The van der Waals surface area contributed by atoms with Gasteiger partial charge in [0.25, 0.3) is 0 Å². The van der Waals surface area contributed by atoms with Crippen LogP contribution in [0.3, 0.4) is 0 Å². The second-order valence-electron chi connectivity index (χ2n) is 6.73. The summed E-state index contributed by atoms with van der Waals surface area (Å²) in [4.78, 5) is 12.5. The first-order valence-corrected chi connectivity index (χ1v) is 7.76. The van der Waals surface area contributed by atoms with Gasteiger partial charge in [-0.3, -0.25) is 4.79 Å². The maximum atomic E-state index is 12.5. The molecule has 21 heavy (non-hydrogen) atoms. The number of benzene rings is 1. The lowest BCUT2D eigenvalue weighted by Crippen LogP contribution is -2.73. The van der Waals surface area contributed by atoms with Crippen molar-refractivity contribution in [1.29, 1.82) is 0 Å². The number of Topliss-reactive ketones (excluding diaryl/α,β-unsaturated/α-hetero) is 1. The Morgan fingerprint density at radius 3 is 3.00 bits per heavy atom. The number of carbonyl (C=O) groups excluding carboxylic acids is 1. The van der Waals surface area contributed by atoms with Crippen molar-refractivity contribution in [2.24, 2.45) is 0 Å². The third kappa shape index (κ3) is 1.40. The lowest BCUT2D eigenvalue weighted by atomic mass is 9.53. The lowest BCUT2D eigenvalue weighted by Gasteiger charge is -2.56. The van der Waals surface area contributed by atoms with Gasteiger partial charge in [-0.05, 0) is 44.9 Å². The predicted octanol–water partition coefficient (Wildman–Crippen LogP) is 1.47. The average molecular weight is 287 g/mol. The van der Waals surface area contributed by atoms with Crippen LogP contribution in [0.2, 0.25) is 0 Å². The molecule has 1 saturated heterocycles. The van der Waals surface area contributed by atoms with E-state index in [0.29, 0.717) is 12.8 Å². The van der Waals surface area contributed by atoms with Gasteiger partial charge < -0.3 is 15.2 Å². The molecule has 1 aromatic carbocycles. The minimum absolute atomic E-state index is 0.0454. The van der Waals surface area contributed by atoms with Crippen molar-refractivity contribution in [1.82, 2.24) is 5.32 Å². The summed E-state index contributed by atoms with van der Waals surface area (Å²) in [5.41, 5.74) is 0.644. The van der Waals surface area contributed by atoms with Crippen LogP contribution < -0.4 is 10.1 Å². The van der Waals surface area contributed by atoms with Crippen LogP contribution in [0.1, 0.15) is 37.3 Å². The largest absolute Gasteiger partial charge is 0.481 e. The number of aliphatic hydroxyl groups is 1. The van der Waals surface area contributed by atoms with Crippen molar-refractivity contribution in [2.75, 3.05) is 6.54 Å². The number of ether oxygens (including phenoxy) is 1. The molecule has 0 radical (unpaired) electrons. The molecule has 2 fully saturated rings. The van der Waals surface area contributed by atoms with Crippen molar-refractivity contribution in [2.45, 2.75) is 56.3 Å². The van der Waals surface area contributed by atoms with E-state index in [2.05, 4.69) is 5.32 Å². The fraction of sp³-hybridized carbons (Fsp3) is 0.588. The molecule has 2 heterocycles. The zero-order chi connectivity index (χ0) is 14.8. The standard InChI is InChI=1S/C17H21NO3/c1-10-4-3-5-13-14(10)16-8-9-18-11(2)17(16,20)7-6-12(19)15(16)21-13/h3-5,11,15,18,20H,6-9H2,1-2H3/t11?,15-,16-,17+/m0/s1. The Kier molecular flexibility index (Phi) is 2.58. The Hall–Kier alpha value is -1.39. The predicted molar refractivity (Wildman–Crippen MR) is 78.5 cm³/mol. The molecule has 0 aromatic heterocycles. The topological polar surface area (TPSA) is 58.6 Å². The molecule has 1 aromatic rings. The molecule has 0 bridgehead atoms. The number of rotatable bonds is 0. The van der Waals surface area contributed by atoms with E-state index in [1.807, 2.05) is 32.0 Å². The van der Waals surface area contributed by atoms with Gasteiger partial charge in [-0.2, -0.15) is 0 Å². The van der Waals surface area contributed by atoms with E-state index in [1.165, 1.54) is 0 Å². The molecule has 4 atom stereocenters. The summed E-state index contributed by atoms with van der Waals surface area (Å²) >= 11 is 0. The van der Waals surface area contributed by atoms with E-state index in [1.54, 1.807) is 0 Å². The van der Waals surface area contributed by atoms with Crippen LogP contribution in [0.25, 0.3) is 0 Å². The molecular weight excluding hydrogens is 266 g/mol. The van der Waals surface area contributed by atoms with Gasteiger partial charge in [0.05, 0.1) is 11.0 Å². The van der Waals surface area contributed by atoms with Gasteiger partial charge >= 0.3 is 0 Å². The number of piperidine rings is 1. The Labute approximate surface area is 124 Å². The van der Waals surface area contributed by atoms with Gasteiger partial charge in [0.2, 0.25) is 0 Å². The maximum Gasteiger partial charge on any atom is 0.174 e. The summed E-state index contributed by atoms with van der Waals surface area (Å²) in [5.74, 6) is 0.909. The van der Waals surface area contributed by atoms with Crippen LogP contribution in [-0.2, 0) is 10.2 Å². The fourth-order valence-electron chi connectivity index (χ4n) is 4.85. The maximum absolute atomic E-state index is 12.5. The number of carbonyl (C=O) groups is 1. The highest BCUT2D eigenvalue weighted by Crippen LogP contribution is 2.58. The number of ketones is 1. The molecule has 1 aliphatic carbocycles. The second kappa shape index (κ2) is 4.08. The van der Waals surface area contributed by atoms with Gasteiger partial charge in [-0.15, -0.1) is 0 Å². The lowest BCUT2D eigenvalue weighted by molar-refractivity contribution is -0.162. The average Bonchev–Trinajstić information content (AvgIpc) is 2.80. The smallest absolute Gasteiger partial charge is 0.174 e. The number of nitrogens with one attached hydrogen (secondary N) is 1. The number of fused-ring (bicyclic) bond motifs is 1. The van der Waals surface area contributed by atoms with E-state index in [9.17, 15) is 9.90 Å². The summed E-state index contributed by atoms with van der Waals surface area (Å²) in [7, 11) is 0. The second-order valence-corrected chi connectivity index (χ2v) is 6.73. The minimum Gasteiger partial charge on any atom is -0.481 e.